The van der Waals surface area contributed by atoms with Gasteiger partial charge in [0.1, 0.15) is 11.6 Å². The fourth-order valence-corrected chi connectivity index (χ4v) is 4.75. The molecule has 5 rings (SSSR count). The number of benzene rings is 1. The van der Waals surface area contributed by atoms with E-state index in [0.717, 1.165) is 31.3 Å². The van der Waals surface area contributed by atoms with E-state index in [-0.39, 0.29) is 48.4 Å². The van der Waals surface area contributed by atoms with Crippen molar-refractivity contribution in [3.63, 3.8) is 0 Å². The van der Waals surface area contributed by atoms with Gasteiger partial charge < -0.3 is 14.5 Å². The van der Waals surface area contributed by atoms with Crippen molar-refractivity contribution in [2.75, 3.05) is 13.1 Å². The molecule has 0 radical (unpaired) electrons. The predicted octanol–water partition coefficient (Wildman–Crippen LogP) is 4.47. The molecule has 2 atom stereocenters. The number of imidazole rings is 1. The molecular formula is C22H22Cl2F4N4O. The number of piperidine rings is 1. The van der Waals surface area contributed by atoms with E-state index in [1.54, 1.807) is 10.6 Å². The van der Waals surface area contributed by atoms with Crippen LogP contribution in [-0.4, -0.2) is 27.2 Å². The topological polar surface area (TPSA) is 51.9 Å². The van der Waals surface area contributed by atoms with Gasteiger partial charge in [-0.3, -0.25) is 4.79 Å². The maximum absolute atomic E-state index is 14.5. The monoisotopic (exact) mass is 504 g/mol. The summed E-state index contributed by atoms with van der Waals surface area (Å²) in [6.45, 7) is 2.16. The van der Waals surface area contributed by atoms with Crippen LogP contribution in [0.15, 0.2) is 47.5 Å². The summed E-state index contributed by atoms with van der Waals surface area (Å²) in [5.74, 6) is -0.325. The molecule has 0 spiro atoms. The molecule has 0 saturated carbocycles. The zero-order valence-electron chi connectivity index (χ0n) is 17.3. The Labute approximate surface area is 199 Å². The Morgan fingerprint density at radius 2 is 1.91 bits per heavy atom. The van der Waals surface area contributed by atoms with Crippen LogP contribution < -0.4 is 10.9 Å². The number of aromatic nitrogens is 3. The molecule has 2 aliphatic heterocycles. The van der Waals surface area contributed by atoms with Gasteiger partial charge in [0.2, 0.25) is 0 Å². The molecule has 2 aromatic heterocycles. The largest absolute Gasteiger partial charge is 0.419 e. The highest BCUT2D eigenvalue weighted by Gasteiger charge is 2.35. The third-order valence-electron chi connectivity index (χ3n) is 6.19. The summed E-state index contributed by atoms with van der Waals surface area (Å²) in [4.78, 5) is 17.5. The van der Waals surface area contributed by atoms with E-state index in [1.807, 2.05) is 6.07 Å². The number of nitrogens with one attached hydrogen (secondary N) is 1. The zero-order chi connectivity index (χ0) is 21.8. The van der Waals surface area contributed by atoms with Crippen molar-refractivity contribution < 1.29 is 17.6 Å². The van der Waals surface area contributed by atoms with Crippen molar-refractivity contribution >= 4 is 24.8 Å². The molecule has 0 amide bonds. The maximum Gasteiger partial charge on any atom is 0.419 e. The Morgan fingerprint density at radius 1 is 1.12 bits per heavy atom. The quantitative estimate of drug-likeness (QED) is 0.535. The fourth-order valence-electron chi connectivity index (χ4n) is 4.75. The number of nitrogens with zero attached hydrogens (tertiary/aromatic N) is 3. The zero-order valence-corrected chi connectivity index (χ0v) is 18.9. The summed E-state index contributed by atoms with van der Waals surface area (Å²) < 4.78 is 57.0. The Kier molecular flexibility index (Phi) is 7.26. The van der Waals surface area contributed by atoms with Crippen LogP contribution in [0.1, 0.15) is 29.2 Å². The van der Waals surface area contributed by atoms with Crippen LogP contribution in [0, 0.1) is 11.7 Å². The Hall–Kier alpha value is -2.36. The second-order valence-electron chi connectivity index (χ2n) is 8.20. The molecule has 2 aliphatic rings. The average molecular weight is 505 g/mol. The van der Waals surface area contributed by atoms with Crippen LogP contribution in [0.5, 0.6) is 0 Å². The fraction of sp³-hybridized carbons (Fsp3) is 0.364. The van der Waals surface area contributed by atoms with Crippen LogP contribution in [0.3, 0.4) is 0 Å². The molecule has 1 aromatic carbocycles. The molecular weight excluding hydrogens is 483 g/mol. The number of alkyl halides is 3. The minimum atomic E-state index is -4.78. The van der Waals surface area contributed by atoms with Gasteiger partial charge in [0.25, 0.3) is 5.56 Å². The average Bonchev–Trinajstić information content (AvgIpc) is 3.18. The number of fused-ring (bicyclic) bond motifs is 4. The summed E-state index contributed by atoms with van der Waals surface area (Å²) in [6.07, 6.45) is -0.725. The second-order valence-corrected chi connectivity index (χ2v) is 8.20. The minimum Gasteiger partial charge on any atom is -0.326 e. The van der Waals surface area contributed by atoms with E-state index in [2.05, 4.69) is 10.3 Å². The molecule has 0 unspecified atom stereocenters. The molecule has 1 saturated heterocycles. The lowest BCUT2D eigenvalue weighted by Crippen LogP contribution is -2.45. The van der Waals surface area contributed by atoms with Crippen LogP contribution in [0.2, 0.25) is 0 Å². The molecule has 178 valence electrons. The van der Waals surface area contributed by atoms with Gasteiger partial charge in [-0.25, -0.2) is 9.37 Å². The summed E-state index contributed by atoms with van der Waals surface area (Å²) in [5.41, 5.74) is -0.257. The number of halogens is 6. The van der Waals surface area contributed by atoms with Gasteiger partial charge in [-0.05, 0) is 37.1 Å². The van der Waals surface area contributed by atoms with Crippen molar-refractivity contribution in [2.24, 2.45) is 5.92 Å². The minimum absolute atomic E-state index is 0. The highest BCUT2D eigenvalue weighted by atomic mass is 35.5. The van der Waals surface area contributed by atoms with Gasteiger partial charge in [0, 0.05) is 42.7 Å². The molecule has 1 fully saturated rings. The first kappa shape index (κ1) is 25.3. The number of hydrogen-bond donors (Lipinski definition) is 1. The van der Waals surface area contributed by atoms with E-state index in [1.165, 1.54) is 29.1 Å². The van der Waals surface area contributed by atoms with Gasteiger partial charge in [-0.1, -0.05) is 12.1 Å². The van der Waals surface area contributed by atoms with E-state index in [9.17, 15) is 22.4 Å². The van der Waals surface area contributed by atoms with Crippen LogP contribution >= 0.6 is 24.8 Å². The van der Waals surface area contributed by atoms with Gasteiger partial charge in [-0.15, -0.1) is 24.8 Å². The van der Waals surface area contributed by atoms with Gasteiger partial charge in [0.15, 0.2) is 0 Å². The first-order valence-electron chi connectivity index (χ1n) is 10.1. The van der Waals surface area contributed by atoms with Crippen molar-refractivity contribution in [2.45, 2.75) is 31.6 Å². The van der Waals surface area contributed by atoms with Gasteiger partial charge >= 0.3 is 6.18 Å². The lowest BCUT2D eigenvalue weighted by Gasteiger charge is -2.37. The van der Waals surface area contributed by atoms with Crippen LogP contribution in [0.4, 0.5) is 17.6 Å². The van der Waals surface area contributed by atoms with E-state index >= 15 is 0 Å². The SMILES string of the molecule is Cl.Cl.O=c1c(-c2nccn2Cc2cccc(C(F)(F)F)c2F)ccc2n1C[C@@H]1CNC[C@H]2C1. The normalized spacial score (nSPS) is 19.3. The predicted molar refractivity (Wildman–Crippen MR) is 121 cm³/mol. The first-order valence-corrected chi connectivity index (χ1v) is 10.1. The molecule has 0 aliphatic carbocycles. The van der Waals surface area contributed by atoms with E-state index in [4.69, 9.17) is 0 Å². The van der Waals surface area contributed by atoms with Crippen molar-refractivity contribution in [1.82, 2.24) is 19.4 Å². The standard InChI is InChI=1S/C22H20F4N4O.2ClH/c23-19-14(2-1-3-17(19)22(24,25)26)12-29-7-6-28-20(29)16-4-5-18-15-8-13(9-27-10-15)11-30(18)21(16)31;;/h1-7,13,15,27H,8-12H2;2*1H/t13-,15+;;/m0../s1. The molecule has 5 nitrogen and oxygen atoms in total. The third kappa shape index (κ3) is 4.54. The first-order chi connectivity index (χ1) is 14.8. The Morgan fingerprint density at radius 3 is 2.67 bits per heavy atom. The molecule has 3 aromatic rings. The van der Waals surface area contributed by atoms with Gasteiger partial charge in [-0.2, -0.15) is 13.2 Å². The van der Waals surface area contributed by atoms with Crippen LogP contribution in [0.25, 0.3) is 11.4 Å². The molecule has 33 heavy (non-hydrogen) atoms. The third-order valence-corrected chi connectivity index (χ3v) is 6.19. The Balaban J connectivity index is 0.00000153. The lowest BCUT2D eigenvalue weighted by molar-refractivity contribution is -0.140. The maximum atomic E-state index is 14.5. The Bertz CT molecular complexity index is 1210. The van der Waals surface area contributed by atoms with Crippen LogP contribution in [-0.2, 0) is 19.3 Å². The summed E-state index contributed by atoms with van der Waals surface area (Å²) in [5, 5.41) is 3.40. The highest BCUT2D eigenvalue weighted by Crippen LogP contribution is 2.34. The van der Waals surface area contributed by atoms with Gasteiger partial charge in [0.05, 0.1) is 17.7 Å². The summed E-state index contributed by atoms with van der Waals surface area (Å²) in [6, 6.07) is 6.84. The molecule has 2 bridgehead atoms. The van der Waals surface area contributed by atoms with Crippen molar-refractivity contribution in [1.29, 1.82) is 0 Å². The summed E-state index contributed by atoms with van der Waals surface area (Å²) >= 11 is 0. The summed E-state index contributed by atoms with van der Waals surface area (Å²) in [7, 11) is 0. The number of pyridine rings is 1. The lowest BCUT2D eigenvalue weighted by atomic mass is 9.84. The number of rotatable bonds is 3. The highest BCUT2D eigenvalue weighted by molar-refractivity contribution is 5.85. The van der Waals surface area contributed by atoms with Crippen molar-refractivity contribution in [3.8, 4) is 11.4 Å². The molecule has 1 N–H and O–H groups in total. The molecule has 4 heterocycles. The smallest absolute Gasteiger partial charge is 0.326 e. The van der Waals surface area contributed by atoms with Crippen molar-refractivity contribution in [3.05, 3.63) is 75.7 Å². The number of hydrogen-bond acceptors (Lipinski definition) is 3. The molecule has 11 heteroatoms. The van der Waals surface area contributed by atoms with E-state index < -0.39 is 17.6 Å². The van der Waals surface area contributed by atoms with E-state index in [0.29, 0.717) is 23.9 Å². The second kappa shape index (κ2) is 9.48.